The van der Waals surface area contributed by atoms with Crippen LogP contribution in [0.25, 0.3) is 11.1 Å². The lowest BCUT2D eigenvalue weighted by atomic mass is 10.0. The molecule has 0 spiro atoms. The molecule has 3 rings (SSSR count). The van der Waals surface area contributed by atoms with Crippen molar-refractivity contribution in [2.45, 2.75) is 13.0 Å². The summed E-state index contributed by atoms with van der Waals surface area (Å²) >= 11 is 0. The minimum atomic E-state index is 0. The average Bonchev–Trinajstić information content (AvgIpc) is 2.97. The molecule has 1 aliphatic rings. The highest BCUT2D eigenvalue weighted by atomic mass is 35.5. The van der Waals surface area contributed by atoms with Crippen LogP contribution in [-0.4, -0.2) is 31.6 Å². The molecule has 118 valence electrons. The normalized spacial score (nSPS) is 18.1. The van der Waals surface area contributed by atoms with E-state index in [0.717, 1.165) is 19.0 Å². The first kappa shape index (κ1) is 17.0. The molecule has 1 saturated heterocycles. The standard InChI is InChI=1S/C19H24N2.ClH/c1-20-13-17-11-12-21(15-17)14-16-7-9-19(10-8-16)18-5-3-2-4-6-18;/h2-10,17,20H,11-15H2,1H3;1H. The number of nitrogens with zero attached hydrogens (tertiary/aromatic N) is 1. The van der Waals surface area contributed by atoms with Crippen LogP contribution in [0.4, 0.5) is 0 Å². The van der Waals surface area contributed by atoms with Crippen molar-refractivity contribution < 1.29 is 0 Å². The molecule has 0 amide bonds. The number of rotatable bonds is 5. The maximum atomic E-state index is 3.29. The van der Waals surface area contributed by atoms with Crippen LogP contribution in [-0.2, 0) is 6.54 Å². The summed E-state index contributed by atoms with van der Waals surface area (Å²) in [6.07, 6.45) is 1.32. The van der Waals surface area contributed by atoms with Crippen LogP contribution in [0.5, 0.6) is 0 Å². The Kier molecular flexibility index (Phi) is 6.44. The van der Waals surface area contributed by atoms with Crippen molar-refractivity contribution in [3.8, 4) is 11.1 Å². The molecule has 3 heteroatoms. The van der Waals surface area contributed by atoms with E-state index in [2.05, 4.69) is 64.8 Å². The smallest absolute Gasteiger partial charge is 0.0233 e. The molecule has 1 fully saturated rings. The number of hydrogen-bond donors (Lipinski definition) is 1. The molecule has 1 unspecified atom stereocenters. The fourth-order valence-electron chi connectivity index (χ4n) is 3.20. The molecule has 0 radical (unpaired) electrons. The van der Waals surface area contributed by atoms with Gasteiger partial charge in [-0.15, -0.1) is 12.4 Å². The molecule has 0 aliphatic carbocycles. The van der Waals surface area contributed by atoms with Crippen LogP contribution < -0.4 is 5.32 Å². The van der Waals surface area contributed by atoms with E-state index in [4.69, 9.17) is 0 Å². The van der Waals surface area contributed by atoms with Crippen molar-refractivity contribution in [2.75, 3.05) is 26.7 Å². The summed E-state index contributed by atoms with van der Waals surface area (Å²) in [4.78, 5) is 2.57. The fraction of sp³-hybridized carbons (Fsp3) is 0.368. The Labute approximate surface area is 140 Å². The average molecular weight is 317 g/mol. The van der Waals surface area contributed by atoms with Crippen LogP contribution >= 0.6 is 12.4 Å². The summed E-state index contributed by atoms with van der Waals surface area (Å²) in [6, 6.07) is 19.6. The topological polar surface area (TPSA) is 15.3 Å². The van der Waals surface area contributed by atoms with E-state index in [0.29, 0.717) is 0 Å². The summed E-state index contributed by atoms with van der Waals surface area (Å²) in [5, 5.41) is 3.29. The first-order valence-electron chi connectivity index (χ1n) is 7.86. The summed E-state index contributed by atoms with van der Waals surface area (Å²) in [5.74, 6) is 0.818. The molecule has 1 aliphatic heterocycles. The molecule has 0 saturated carbocycles. The van der Waals surface area contributed by atoms with Gasteiger partial charge in [-0.3, -0.25) is 4.90 Å². The van der Waals surface area contributed by atoms with Crippen LogP contribution in [0.15, 0.2) is 54.6 Å². The summed E-state index contributed by atoms with van der Waals surface area (Å²) in [7, 11) is 2.05. The minimum Gasteiger partial charge on any atom is -0.319 e. The zero-order valence-corrected chi connectivity index (χ0v) is 14.0. The second kappa shape index (κ2) is 8.33. The van der Waals surface area contributed by atoms with Crippen molar-refractivity contribution in [2.24, 2.45) is 5.92 Å². The molecular weight excluding hydrogens is 292 g/mol. The largest absolute Gasteiger partial charge is 0.319 e. The maximum Gasteiger partial charge on any atom is 0.0233 e. The van der Waals surface area contributed by atoms with E-state index in [1.165, 1.54) is 36.2 Å². The van der Waals surface area contributed by atoms with Gasteiger partial charge in [-0.2, -0.15) is 0 Å². The number of nitrogens with one attached hydrogen (secondary N) is 1. The highest BCUT2D eigenvalue weighted by molar-refractivity contribution is 5.85. The molecule has 0 bridgehead atoms. The molecular formula is C19H25ClN2. The highest BCUT2D eigenvalue weighted by Crippen LogP contribution is 2.22. The van der Waals surface area contributed by atoms with E-state index in [1.807, 2.05) is 7.05 Å². The summed E-state index contributed by atoms with van der Waals surface area (Å²) in [6.45, 7) is 4.67. The molecule has 1 N–H and O–H groups in total. The Hall–Kier alpha value is -1.35. The van der Waals surface area contributed by atoms with Gasteiger partial charge in [0.15, 0.2) is 0 Å². The first-order chi connectivity index (χ1) is 10.3. The Morgan fingerprint density at radius 3 is 2.36 bits per heavy atom. The molecule has 1 heterocycles. The third-order valence-electron chi connectivity index (χ3n) is 4.33. The Balaban J connectivity index is 0.00000176. The second-order valence-electron chi connectivity index (χ2n) is 6.01. The van der Waals surface area contributed by atoms with Gasteiger partial charge in [-0.1, -0.05) is 54.6 Å². The lowest BCUT2D eigenvalue weighted by Crippen LogP contribution is -2.24. The Morgan fingerprint density at radius 1 is 1.00 bits per heavy atom. The van der Waals surface area contributed by atoms with Crippen molar-refractivity contribution in [1.29, 1.82) is 0 Å². The van der Waals surface area contributed by atoms with Crippen molar-refractivity contribution in [3.63, 3.8) is 0 Å². The van der Waals surface area contributed by atoms with E-state index < -0.39 is 0 Å². The van der Waals surface area contributed by atoms with Crippen LogP contribution in [0, 0.1) is 5.92 Å². The van der Waals surface area contributed by atoms with Gasteiger partial charge >= 0.3 is 0 Å². The van der Waals surface area contributed by atoms with Crippen molar-refractivity contribution in [3.05, 3.63) is 60.2 Å². The third kappa shape index (κ3) is 4.33. The number of likely N-dealkylation sites (tertiary alicyclic amines) is 1. The zero-order valence-electron chi connectivity index (χ0n) is 13.2. The Bertz CT molecular complexity index is 553. The molecule has 22 heavy (non-hydrogen) atoms. The van der Waals surface area contributed by atoms with Crippen LogP contribution in [0.1, 0.15) is 12.0 Å². The Morgan fingerprint density at radius 2 is 1.68 bits per heavy atom. The van der Waals surface area contributed by atoms with E-state index >= 15 is 0 Å². The summed E-state index contributed by atoms with van der Waals surface area (Å²) in [5.41, 5.74) is 4.01. The minimum absolute atomic E-state index is 0. The SMILES string of the molecule is CNCC1CCN(Cc2ccc(-c3ccccc3)cc2)C1.Cl. The lowest BCUT2D eigenvalue weighted by Gasteiger charge is -2.16. The van der Waals surface area contributed by atoms with Gasteiger partial charge in [0, 0.05) is 13.1 Å². The van der Waals surface area contributed by atoms with Crippen LogP contribution in [0.3, 0.4) is 0 Å². The van der Waals surface area contributed by atoms with E-state index in [-0.39, 0.29) is 12.4 Å². The highest BCUT2D eigenvalue weighted by Gasteiger charge is 2.21. The lowest BCUT2D eigenvalue weighted by molar-refractivity contribution is 0.315. The van der Waals surface area contributed by atoms with E-state index in [9.17, 15) is 0 Å². The van der Waals surface area contributed by atoms with Gasteiger partial charge in [0.2, 0.25) is 0 Å². The van der Waals surface area contributed by atoms with Gasteiger partial charge in [-0.05, 0) is 49.2 Å². The number of hydrogen-bond acceptors (Lipinski definition) is 2. The van der Waals surface area contributed by atoms with Gasteiger partial charge in [0.25, 0.3) is 0 Å². The summed E-state index contributed by atoms with van der Waals surface area (Å²) < 4.78 is 0. The molecule has 2 nitrogen and oxygen atoms in total. The molecule has 2 aromatic carbocycles. The molecule has 0 aromatic heterocycles. The maximum absolute atomic E-state index is 3.29. The van der Waals surface area contributed by atoms with Gasteiger partial charge in [-0.25, -0.2) is 0 Å². The van der Waals surface area contributed by atoms with Gasteiger partial charge in [0.05, 0.1) is 0 Å². The van der Waals surface area contributed by atoms with E-state index in [1.54, 1.807) is 0 Å². The number of halogens is 1. The third-order valence-corrected chi connectivity index (χ3v) is 4.33. The quantitative estimate of drug-likeness (QED) is 0.902. The predicted molar refractivity (Wildman–Crippen MR) is 96.4 cm³/mol. The van der Waals surface area contributed by atoms with Gasteiger partial charge < -0.3 is 5.32 Å². The monoisotopic (exact) mass is 316 g/mol. The first-order valence-corrected chi connectivity index (χ1v) is 7.86. The van der Waals surface area contributed by atoms with Crippen LogP contribution in [0.2, 0.25) is 0 Å². The van der Waals surface area contributed by atoms with Gasteiger partial charge in [0.1, 0.15) is 0 Å². The molecule has 2 aromatic rings. The second-order valence-corrected chi connectivity index (χ2v) is 6.01. The van der Waals surface area contributed by atoms with Crippen molar-refractivity contribution in [1.82, 2.24) is 10.2 Å². The van der Waals surface area contributed by atoms with Crippen molar-refractivity contribution >= 4 is 12.4 Å². The number of benzene rings is 2. The molecule has 1 atom stereocenters. The fourth-order valence-corrected chi connectivity index (χ4v) is 3.20. The zero-order chi connectivity index (χ0) is 14.5. The predicted octanol–water partition coefficient (Wildman–Crippen LogP) is 3.82.